The van der Waals surface area contributed by atoms with E-state index in [2.05, 4.69) is 0 Å². The zero-order valence-electron chi connectivity index (χ0n) is 7.72. The lowest BCUT2D eigenvalue weighted by Crippen LogP contribution is -2.05. The molecule has 2 N–H and O–H groups in total. The van der Waals surface area contributed by atoms with Crippen molar-refractivity contribution in [3.8, 4) is 0 Å². The molecule has 3 nitrogen and oxygen atoms in total. The van der Waals surface area contributed by atoms with Gasteiger partial charge in [-0.25, -0.2) is 4.39 Å². The van der Waals surface area contributed by atoms with E-state index in [1.807, 2.05) is 0 Å². The van der Waals surface area contributed by atoms with Gasteiger partial charge >= 0.3 is 7.12 Å². The lowest BCUT2D eigenvalue weighted by molar-refractivity contribution is 0.424. The topological polar surface area (TPSA) is 53.6 Å². The van der Waals surface area contributed by atoms with Crippen LogP contribution >= 0.6 is 0 Å². The van der Waals surface area contributed by atoms with Gasteiger partial charge in [-0.2, -0.15) is 0 Å². The number of hydrogen-bond donors (Lipinski definition) is 2. The molecule has 0 atom stereocenters. The molecule has 1 heterocycles. The molecule has 0 aliphatic carbocycles. The summed E-state index contributed by atoms with van der Waals surface area (Å²) < 4.78 is 18.3. The van der Waals surface area contributed by atoms with Crippen LogP contribution < -0.4 is 0 Å². The van der Waals surface area contributed by atoms with Crippen molar-refractivity contribution >= 4 is 24.2 Å². The number of hydrogen-bond acceptors (Lipinski definition) is 3. The van der Waals surface area contributed by atoms with Gasteiger partial charge in [-0.3, -0.25) is 0 Å². The summed E-state index contributed by atoms with van der Waals surface area (Å²) in [6.45, 7) is 0. The van der Waals surface area contributed by atoms with Crippen molar-refractivity contribution in [2.45, 2.75) is 0 Å². The van der Waals surface area contributed by atoms with Crippen LogP contribution in [0.2, 0.25) is 0 Å². The van der Waals surface area contributed by atoms with Gasteiger partial charge in [0.15, 0.2) is 11.4 Å². The number of rotatable bonds is 2. The third-order valence-electron chi connectivity index (χ3n) is 1.95. The van der Waals surface area contributed by atoms with Crippen molar-refractivity contribution in [2.24, 2.45) is 0 Å². The summed E-state index contributed by atoms with van der Waals surface area (Å²) in [7, 11) is -1.54. The smallest absolute Gasteiger partial charge is 0.454 e. The summed E-state index contributed by atoms with van der Waals surface area (Å²) in [4.78, 5) is 0. The highest BCUT2D eigenvalue weighted by Crippen LogP contribution is 2.22. The Bertz CT molecular complexity index is 504. The first-order valence-corrected chi connectivity index (χ1v) is 4.39. The fourth-order valence-corrected chi connectivity index (χ4v) is 1.31. The first-order valence-electron chi connectivity index (χ1n) is 4.39. The molecule has 0 saturated heterocycles. The van der Waals surface area contributed by atoms with Crippen LogP contribution in [0.4, 0.5) is 4.39 Å². The lowest BCUT2D eigenvalue weighted by Gasteiger charge is -1.88. The van der Waals surface area contributed by atoms with Gasteiger partial charge in [0, 0.05) is 5.39 Å². The van der Waals surface area contributed by atoms with Crippen molar-refractivity contribution in [1.82, 2.24) is 0 Å². The van der Waals surface area contributed by atoms with Crippen LogP contribution in [0.5, 0.6) is 0 Å². The first-order chi connectivity index (χ1) is 7.16. The summed E-state index contributed by atoms with van der Waals surface area (Å²) in [5.74, 6) is 1.08. The Hall–Kier alpha value is -1.59. The average Bonchev–Trinajstić information content (AvgIpc) is 2.59. The number of para-hydroxylation sites is 1. The predicted octanol–water partition coefficient (Wildman–Crippen LogP) is 1.60. The van der Waals surface area contributed by atoms with Gasteiger partial charge in [0.25, 0.3) is 0 Å². The monoisotopic (exact) mass is 206 g/mol. The van der Waals surface area contributed by atoms with Gasteiger partial charge in [0.2, 0.25) is 0 Å². The van der Waals surface area contributed by atoms with Crippen LogP contribution in [0.25, 0.3) is 17.0 Å². The minimum atomic E-state index is -1.54. The van der Waals surface area contributed by atoms with E-state index >= 15 is 0 Å². The largest absolute Gasteiger partial charge is 0.480 e. The highest BCUT2D eigenvalue weighted by atomic mass is 19.1. The summed E-state index contributed by atoms with van der Waals surface area (Å²) >= 11 is 0. The molecule has 76 valence electrons. The Balaban J connectivity index is 2.43. The average molecular weight is 206 g/mol. The maximum absolute atomic E-state index is 13.2. The molecule has 0 fully saturated rings. The van der Waals surface area contributed by atoms with E-state index in [-0.39, 0.29) is 5.58 Å². The summed E-state index contributed by atoms with van der Waals surface area (Å²) in [6.07, 6.45) is 1.38. The summed E-state index contributed by atoms with van der Waals surface area (Å²) in [6, 6.07) is 6.23. The summed E-state index contributed by atoms with van der Waals surface area (Å²) in [5.41, 5.74) is 0.171. The molecule has 0 aliphatic heterocycles. The Morgan fingerprint density at radius 3 is 2.80 bits per heavy atom. The molecular weight excluding hydrogens is 198 g/mol. The molecule has 0 spiro atoms. The molecule has 2 rings (SSSR count). The highest BCUT2D eigenvalue weighted by molar-refractivity contribution is 6.48. The molecule has 1 aromatic carbocycles. The molecule has 1 aromatic heterocycles. The fraction of sp³-hybridized carbons (Fsp3) is 0. The zero-order valence-corrected chi connectivity index (χ0v) is 7.72. The van der Waals surface area contributed by atoms with Crippen LogP contribution in [-0.2, 0) is 0 Å². The molecule has 15 heavy (non-hydrogen) atoms. The molecule has 0 amide bonds. The third kappa shape index (κ3) is 2.08. The minimum Gasteiger partial charge on any atom is -0.454 e. The second kappa shape index (κ2) is 3.88. The Morgan fingerprint density at radius 1 is 1.33 bits per heavy atom. The minimum absolute atomic E-state index is 0.171. The van der Waals surface area contributed by atoms with Crippen LogP contribution in [0.15, 0.2) is 34.7 Å². The lowest BCUT2D eigenvalue weighted by atomic mass is 9.91. The van der Waals surface area contributed by atoms with Gasteiger partial charge in [0.1, 0.15) is 5.76 Å². The molecular formula is C10H8BFO3. The van der Waals surface area contributed by atoms with E-state index in [0.717, 1.165) is 5.98 Å². The van der Waals surface area contributed by atoms with Crippen LogP contribution in [-0.4, -0.2) is 17.2 Å². The molecule has 0 radical (unpaired) electrons. The molecule has 0 unspecified atom stereocenters. The van der Waals surface area contributed by atoms with Gasteiger partial charge in [-0.1, -0.05) is 18.1 Å². The first kappa shape index (κ1) is 9.95. The normalized spacial score (nSPS) is 11.4. The van der Waals surface area contributed by atoms with Gasteiger partial charge in [-0.15, -0.1) is 0 Å². The Kier molecular flexibility index (Phi) is 2.57. The number of furan rings is 1. The fourth-order valence-electron chi connectivity index (χ4n) is 1.31. The second-order valence-corrected chi connectivity index (χ2v) is 3.08. The maximum atomic E-state index is 13.2. The van der Waals surface area contributed by atoms with E-state index < -0.39 is 12.9 Å². The van der Waals surface area contributed by atoms with Crippen LogP contribution in [0.1, 0.15) is 5.76 Å². The van der Waals surface area contributed by atoms with E-state index in [1.54, 1.807) is 18.2 Å². The predicted molar refractivity (Wildman–Crippen MR) is 55.4 cm³/mol. The highest BCUT2D eigenvalue weighted by Gasteiger charge is 2.06. The Morgan fingerprint density at radius 2 is 2.13 bits per heavy atom. The van der Waals surface area contributed by atoms with Gasteiger partial charge < -0.3 is 14.5 Å². The second-order valence-electron chi connectivity index (χ2n) is 3.08. The number of fused-ring (bicyclic) bond motifs is 1. The van der Waals surface area contributed by atoms with Crippen molar-refractivity contribution in [3.05, 3.63) is 41.8 Å². The maximum Gasteiger partial charge on any atom is 0.480 e. The Labute approximate surface area is 85.6 Å². The summed E-state index contributed by atoms with van der Waals surface area (Å²) in [5, 5.41) is 17.8. The standard InChI is InChI=1S/C10H8BFO3/c12-9-3-1-2-7-6-8(15-10(7)9)4-5-11(13)14/h1-6,13-14H/b5-4+. The van der Waals surface area contributed by atoms with Crippen molar-refractivity contribution in [3.63, 3.8) is 0 Å². The molecule has 0 bridgehead atoms. The van der Waals surface area contributed by atoms with E-state index in [0.29, 0.717) is 11.1 Å². The molecule has 2 aromatic rings. The third-order valence-corrected chi connectivity index (χ3v) is 1.95. The SMILES string of the molecule is OB(O)/C=C/c1cc2cccc(F)c2o1. The van der Waals surface area contributed by atoms with E-state index in [1.165, 1.54) is 12.1 Å². The number of benzene rings is 1. The van der Waals surface area contributed by atoms with Crippen molar-refractivity contribution in [1.29, 1.82) is 0 Å². The van der Waals surface area contributed by atoms with Crippen molar-refractivity contribution < 1.29 is 18.9 Å². The van der Waals surface area contributed by atoms with E-state index in [9.17, 15) is 4.39 Å². The molecule has 5 heteroatoms. The van der Waals surface area contributed by atoms with E-state index in [4.69, 9.17) is 14.5 Å². The van der Waals surface area contributed by atoms with Crippen LogP contribution in [0, 0.1) is 5.82 Å². The van der Waals surface area contributed by atoms with Gasteiger partial charge in [-0.05, 0) is 18.2 Å². The van der Waals surface area contributed by atoms with Crippen molar-refractivity contribution in [2.75, 3.05) is 0 Å². The zero-order chi connectivity index (χ0) is 10.8. The van der Waals surface area contributed by atoms with Crippen LogP contribution in [0.3, 0.4) is 0 Å². The molecule has 0 saturated carbocycles. The number of halogens is 1. The van der Waals surface area contributed by atoms with Gasteiger partial charge in [0.05, 0.1) is 0 Å². The molecule has 0 aliphatic rings. The quantitative estimate of drug-likeness (QED) is 0.733.